The van der Waals surface area contributed by atoms with Crippen molar-refractivity contribution in [3.63, 3.8) is 0 Å². The van der Waals surface area contributed by atoms with Crippen molar-refractivity contribution in [3.8, 4) is 0 Å². The molecule has 0 radical (unpaired) electrons. The predicted octanol–water partition coefficient (Wildman–Crippen LogP) is 3.45. The van der Waals surface area contributed by atoms with Crippen LogP contribution in [0.4, 0.5) is 0 Å². The van der Waals surface area contributed by atoms with Crippen LogP contribution in [0.2, 0.25) is 0 Å². The van der Waals surface area contributed by atoms with Gasteiger partial charge in [0.2, 0.25) is 0 Å². The third-order valence-corrected chi connectivity index (χ3v) is 5.42. The molecule has 5 nitrogen and oxygen atoms in total. The number of rotatable bonds is 5. The Labute approximate surface area is 151 Å². The molecule has 0 saturated heterocycles. The van der Waals surface area contributed by atoms with Gasteiger partial charge in [0.25, 0.3) is 0 Å². The SMILES string of the molecule is CN=C(NCc1c(C)noc1C)NCC1(c2ccccc2Br)CC1. The van der Waals surface area contributed by atoms with Gasteiger partial charge in [0.1, 0.15) is 5.76 Å². The monoisotopic (exact) mass is 390 g/mol. The van der Waals surface area contributed by atoms with E-state index in [1.54, 1.807) is 7.05 Å². The second-order valence-corrected chi connectivity index (χ2v) is 7.20. The van der Waals surface area contributed by atoms with E-state index in [0.29, 0.717) is 6.54 Å². The molecule has 0 aliphatic heterocycles. The van der Waals surface area contributed by atoms with Gasteiger partial charge in [-0.1, -0.05) is 39.3 Å². The first-order valence-electron chi connectivity index (χ1n) is 8.17. The molecule has 6 heteroatoms. The quantitative estimate of drug-likeness (QED) is 0.606. The Morgan fingerprint density at radius 3 is 2.62 bits per heavy atom. The number of aliphatic imine (C=N–C) groups is 1. The fraction of sp³-hybridized carbons (Fsp3) is 0.444. The van der Waals surface area contributed by atoms with E-state index in [1.807, 2.05) is 13.8 Å². The maximum atomic E-state index is 5.20. The zero-order valence-electron chi connectivity index (χ0n) is 14.3. The van der Waals surface area contributed by atoms with Gasteiger partial charge in [-0.25, -0.2) is 0 Å². The molecular weight excluding hydrogens is 368 g/mol. The van der Waals surface area contributed by atoms with Crippen LogP contribution in [0.1, 0.15) is 35.4 Å². The van der Waals surface area contributed by atoms with E-state index in [1.165, 1.54) is 22.9 Å². The van der Waals surface area contributed by atoms with Crippen molar-refractivity contribution in [2.75, 3.05) is 13.6 Å². The number of aromatic nitrogens is 1. The molecule has 0 atom stereocenters. The number of halogens is 1. The van der Waals surface area contributed by atoms with Crippen LogP contribution >= 0.6 is 15.9 Å². The second-order valence-electron chi connectivity index (χ2n) is 6.34. The molecule has 128 valence electrons. The molecule has 1 aliphatic carbocycles. The highest BCUT2D eigenvalue weighted by Gasteiger charge is 2.45. The van der Waals surface area contributed by atoms with Crippen LogP contribution in [0.25, 0.3) is 0 Å². The molecule has 0 bridgehead atoms. The smallest absolute Gasteiger partial charge is 0.191 e. The standard InChI is InChI=1S/C18H23BrN4O/c1-12-14(13(2)24-23-12)10-21-17(20-3)22-11-18(8-9-18)15-6-4-5-7-16(15)19/h4-7H,8-11H2,1-3H3,(H2,20,21,22). The number of hydrogen-bond donors (Lipinski definition) is 2. The lowest BCUT2D eigenvalue weighted by Gasteiger charge is -2.20. The fourth-order valence-electron chi connectivity index (χ4n) is 2.98. The van der Waals surface area contributed by atoms with E-state index in [0.717, 1.165) is 29.5 Å². The van der Waals surface area contributed by atoms with Crippen molar-refractivity contribution >= 4 is 21.9 Å². The summed E-state index contributed by atoms with van der Waals surface area (Å²) >= 11 is 3.68. The third-order valence-electron chi connectivity index (χ3n) is 4.73. The minimum Gasteiger partial charge on any atom is -0.361 e. The number of guanidine groups is 1. The van der Waals surface area contributed by atoms with Crippen molar-refractivity contribution in [2.45, 2.75) is 38.6 Å². The van der Waals surface area contributed by atoms with Gasteiger partial charge in [-0.05, 0) is 38.3 Å². The van der Waals surface area contributed by atoms with Crippen molar-refractivity contribution < 1.29 is 4.52 Å². The zero-order valence-corrected chi connectivity index (χ0v) is 15.9. The molecule has 1 aromatic heterocycles. The summed E-state index contributed by atoms with van der Waals surface area (Å²) in [5.74, 6) is 1.65. The Bertz CT molecular complexity index is 730. The van der Waals surface area contributed by atoms with Gasteiger partial charge in [0, 0.05) is 35.6 Å². The van der Waals surface area contributed by atoms with Gasteiger partial charge in [0.05, 0.1) is 5.69 Å². The molecule has 1 aromatic carbocycles. The minimum atomic E-state index is 0.209. The topological polar surface area (TPSA) is 62.5 Å². The zero-order chi connectivity index (χ0) is 17.2. The Morgan fingerprint density at radius 1 is 1.29 bits per heavy atom. The van der Waals surface area contributed by atoms with Crippen LogP contribution < -0.4 is 10.6 Å². The van der Waals surface area contributed by atoms with Crippen molar-refractivity contribution in [1.82, 2.24) is 15.8 Å². The maximum Gasteiger partial charge on any atom is 0.191 e. The van der Waals surface area contributed by atoms with Gasteiger partial charge in [-0.3, -0.25) is 4.99 Å². The predicted molar refractivity (Wildman–Crippen MR) is 99.2 cm³/mol. The average Bonchev–Trinajstić information content (AvgIpc) is 3.30. The van der Waals surface area contributed by atoms with E-state index in [4.69, 9.17) is 4.52 Å². The lowest BCUT2D eigenvalue weighted by molar-refractivity contribution is 0.392. The van der Waals surface area contributed by atoms with Crippen LogP contribution in [-0.2, 0) is 12.0 Å². The Morgan fingerprint density at radius 2 is 2.04 bits per heavy atom. The number of nitrogens with zero attached hydrogens (tertiary/aromatic N) is 2. The molecule has 24 heavy (non-hydrogen) atoms. The first-order chi connectivity index (χ1) is 11.6. The van der Waals surface area contributed by atoms with Gasteiger partial charge in [-0.2, -0.15) is 0 Å². The molecule has 2 N–H and O–H groups in total. The minimum absolute atomic E-state index is 0.209. The van der Waals surface area contributed by atoms with E-state index < -0.39 is 0 Å². The van der Waals surface area contributed by atoms with Crippen LogP contribution in [0, 0.1) is 13.8 Å². The normalized spacial score (nSPS) is 16.1. The van der Waals surface area contributed by atoms with Gasteiger partial charge in [0.15, 0.2) is 5.96 Å². The van der Waals surface area contributed by atoms with Crippen LogP contribution in [0.15, 0.2) is 38.3 Å². The third kappa shape index (κ3) is 3.48. The Kier molecular flexibility index (Phi) is 4.94. The van der Waals surface area contributed by atoms with Crippen LogP contribution in [0.3, 0.4) is 0 Å². The summed E-state index contributed by atoms with van der Waals surface area (Å²) in [7, 11) is 1.79. The fourth-order valence-corrected chi connectivity index (χ4v) is 3.69. The molecular formula is C18H23BrN4O. The Hall–Kier alpha value is -1.82. The Balaban J connectivity index is 1.60. The number of aryl methyl sites for hydroxylation is 2. The van der Waals surface area contributed by atoms with Gasteiger partial charge < -0.3 is 15.2 Å². The lowest BCUT2D eigenvalue weighted by Crippen LogP contribution is -2.41. The highest BCUT2D eigenvalue weighted by molar-refractivity contribution is 9.10. The van der Waals surface area contributed by atoms with Crippen molar-refractivity contribution in [2.24, 2.45) is 4.99 Å². The van der Waals surface area contributed by atoms with E-state index in [9.17, 15) is 0 Å². The lowest BCUT2D eigenvalue weighted by atomic mass is 9.96. The van der Waals surface area contributed by atoms with Gasteiger partial charge in [-0.15, -0.1) is 0 Å². The summed E-state index contributed by atoms with van der Waals surface area (Å²) in [6.07, 6.45) is 2.40. The summed E-state index contributed by atoms with van der Waals surface area (Å²) < 4.78 is 6.38. The molecule has 0 amide bonds. The summed E-state index contributed by atoms with van der Waals surface area (Å²) in [6, 6.07) is 8.48. The molecule has 1 heterocycles. The highest BCUT2D eigenvalue weighted by atomic mass is 79.9. The van der Waals surface area contributed by atoms with E-state index >= 15 is 0 Å². The molecule has 0 unspecified atom stereocenters. The molecule has 1 saturated carbocycles. The maximum absolute atomic E-state index is 5.20. The van der Waals surface area contributed by atoms with E-state index in [2.05, 4.69) is 61.0 Å². The first-order valence-corrected chi connectivity index (χ1v) is 8.96. The summed E-state index contributed by atoms with van der Waals surface area (Å²) in [6.45, 7) is 5.41. The first kappa shape index (κ1) is 17.0. The molecule has 0 spiro atoms. The molecule has 1 aliphatic rings. The van der Waals surface area contributed by atoms with Crippen molar-refractivity contribution in [3.05, 3.63) is 51.3 Å². The number of benzene rings is 1. The molecule has 2 aromatic rings. The van der Waals surface area contributed by atoms with E-state index in [-0.39, 0.29) is 5.41 Å². The summed E-state index contributed by atoms with van der Waals surface area (Å²) in [5, 5.41) is 10.8. The summed E-state index contributed by atoms with van der Waals surface area (Å²) in [4.78, 5) is 4.33. The van der Waals surface area contributed by atoms with Crippen molar-refractivity contribution in [1.29, 1.82) is 0 Å². The molecule has 1 fully saturated rings. The second kappa shape index (κ2) is 6.97. The number of hydrogen-bond acceptors (Lipinski definition) is 3. The van der Waals surface area contributed by atoms with Gasteiger partial charge >= 0.3 is 0 Å². The highest BCUT2D eigenvalue weighted by Crippen LogP contribution is 2.49. The summed E-state index contributed by atoms with van der Waals surface area (Å²) in [5.41, 5.74) is 3.59. The van der Waals surface area contributed by atoms with Crippen LogP contribution in [0.5, 0.6) is 0 Å². The molecule has 3 rings (SSSR count). The number of nitrogens with one attached hydrogen (secondary N) is 2. The largest absolute Gasteiger partial charge is 0.361 e. The average molecular weight is 391 g/mol. The van der Waals surface area contributed by atoms with Crippen LogP contribution in [-0.4, -0.2) is 24.7 Å².